The first-order valence-corrected chi connectivity index (χ1v) is 7.80. The average Bonchev–Trinajstić information content (AvgIpc) is 2.62. The van der Waals surface area contributed by atoms with Gasteiger partial charge in [0.25, 0.3) is 5.56 Å². The van der Waals surface area contributed by atoms with E-state index >= 15 is 0 Å². The Morgan fingerprint density at radius 1 is 1.12 bits per heavy atom. The minimum Gasteiger partial charge on any atom is -0.444 e. The van der Waals surface area contributed by atoms with Crippen LogP contribution in [-0.2, 0) is 11.3 Å². The summed E-state index contributed by atoms with van der Waals surface area (Å²) in [4.78, 5) is 26.5. The van der Waals surface area contributed by atoms with E-state index in [1.807, 2.05) is 30.3 Å². The van der Waals surface area contributed by atoms with Gasteiger partial charge < -0.3 is 4.74 Å². The van der Waals surface area contributed by atoms with Crippen LogP contribution in [0.25, 0.3) is 11.3 Å². The number of nitrogens with one attached hydrogen (secondary N) is 3. The zero-order valence-electron chi connectivity index (χ0n) is 13.0. The molecule has 0 saturated carbocycles. The highest BCUT2D eigenvalue weighted by Crippen LogP contribution is 2.23. The molecule has 1 amide bonds. The van der Waals surface area contributed by atoms with Crippen LogP contribution in [0, 0.1) is 4.77 Å². The highest BCUT2D eigenvalue weighted by atomic mass is 32.1. The monoisotopic (exact) mass is 354 g/mol. The molecule has 1 aromatic heterocycles. The zero-order valence-corrected chi connectivity index (χ0v) is 13.8. The molecule has 25 heavy (non-hydrogen) atoms. The van der Waals surface area contributed by atoms with Crippen LogP contribution >= 0.6 is 12.2 Å². The lowest BCUT2D eigenvalue weighted by atomic mass is 10.1. The van der Waals surface area contributed by atoms with Gasteiger partial charge in [-0.05, 0) is 23.8 Å². The van der Waals surface area contributed by atoms with E-state index in [-0.39, 0.29) is 17.1 Å². The predicted molar refractivity (Wildman–Crippen MR) is 95.7 cm³/mol. The summed E-state index contributed by atoms with van der Waals surface area (Å²) >= 11 is 4.83. The third kappa shape index (κ3) is 4.18. The van der Waals surface area contributed by atoms with E-state index in [1.165, 1.54) is 0 Å². The molecule has 3 rings (SSSR count). The van der Waals surface area contributed by atoms with Crippen molar-refractivity contribution in [3.8, 4) is 11.3 Å². The largest absolute Gasteiger partial charge is 0.444 e. The minimum atomic E-state index is -0.628. The summed E-state index contributed by atoms with van der Waals surface area (Å²) in [6.07, 6.45) is -0.628. The van der Waals surface area contributed by atoms with E-state index in [2.05, 4.69) is 20.5 Å². The second-order valence-electron chi connectivity index (χ2n) is 5.09. The molecule has 3 aromatic rings. The van der Waals surface area contributed by atoms with E-state index in [1.54, 1.807) is 24.3 Å². The zero-order chi connectivity index (χ0) is 17.6. The van der Waals surface area contributed by atoms with Crippen molar-refractivity contribution in [2.45, 2.75) is 6.61 Å². The van der Waals surface area contributed by atoms with Gasteiger partial charge in [-0.15, -0.1) is 0 Å². The fraction of sp³-hybridized carbons (Fsp3) is 0.0588. The van der Waals surface area contributed by atoms with Gasteiger partial charge in [-0.2, -0.15) is 5.10 Å². The fourth-order valence-electron chi connectivity index (χ4n) is 2.20. The van der Waals surface area contributed by atoms with Crippen molar-refractivity contribution in [1.82, 2.24) is 15.2 Å². The van der Waals surface area contributed by atoms with Crippen LogP contribution in [0.1, 0.15) is 5.56 Å². The van der Waals surface area contributed by atoms with E-state index in [0.29, 0.717) is 11.3 Å². The Morgan fingerprint density at radius 3 is 2.60 bits per heavy atom. The van der Waals surface area contributed by atoms with Crippen LogP contribution in [0.5, 0.6) is 0 Å². The van der Waals surface area contributed by atoms with Crippen LogP contribution in [0.2, 0.25) is 0 Å². The highest BCUT2D eigenvalue weighted by Gasteiger charge is 2.13. The average molecular weight is 354 g/mol. The predicted octanol–water partition coefficient (Wildman–Crippen LogP) is 3.24. The number of rotatable bonds is 4. The Morgan fingerprint density at radius 2 is 1.84 bits per heavy atom. The molecule has 7 nitrogen and oxygen atoms in total. The van der Waals surface area contributed by atoms with E-state index in [9.17, 15) is 9.59 Å². The Labute approximate surface area is 147 Å². The van der Waals surface area contributed by atoms with Crippen LogP contribution in [0.3, 0.4) is 0 Å². The standard InChI is InChI=1S/C17H14N4O3S/c22-15-14(20-21-16(25)19-15)12-8-4-5-9-13(12)18-17(23)24-10-11-6-2-1-3-7-11/h1-9H,10H2,(H,18,23)(H2,19,21,22,25). The molecule has 1 heterocycles. The van der Waals surface area contributed by atoms with Crippen LogP contribution in [0.4, 0.5) is 10.5 Å². The normalized spacial score (nSPS) is 10.2. The number of carbonyl (C=O) groups is 1. The third-order valence-corrected chi connectivity index (χ3v) is 3.54. The number of aromatic nitrogens is 3. The molecule has 2 aromatic carbocycles. The van der Waals surface area contributed by atoms with Crippen molar-refractivity contribution >= 4 is 24.0 Å². The number of H-pyrrole nitrogens is 2. The van der Waals surface area contributed by atoms with Gasteiger partial charge >= 0.3 is 6.09 Å². The molecule has 0 aliphatic carbocycles. The van der Waals surface area contributed by atoms with Crippen molar-refractivity contribution in [2.24, 2.45) is 0 Å². The number of amides is 1. The summed E-state index contributed by atoms with van der Waals surface area (Å²) in [5.74, 6) is 0. The van der Waals surface area contributed by atoms with Crippen molar-refractivity contribution in [1.29, 1.82) is 0 Å². The minimum absolute atomic E-state index is 0.118. The first-order chi connectivity index (χ1) is 12.1. The molecule has 0 bridgehead atoms. The lowest BCUT2D eigenvalue weighted by Crippen LogP contribution is -2.17. The number of carbonyl (C=O) groups excluding carboxylic acids is 1. The van der Waals surface area contributed by atoms with Crippen molar-refractivity contribution in [3.05, 3.63) is 75.3 Å². The van der Waals surface area contributed by atoms with Gasteiger partial charge in [0.1, 0.15) is 6.61 Å². The van der Waals surface area contributed by atoms with Crippen molar-refractivity contribution in [3.63, 3.8) is 0 Å². The van der Waals surface area contributed by atoms with Gasteiger partial charge in [0, 0.05) is 5.56 Å². The molecule has 0 aliphatic rings. The number of nitrogens with zero attached hydrogens (tertiary/aromatic N) is 1. The first kappa shape index (κ1) is 16.6. The molecule has 8 heteroatoms. The maximum Gasteiger partial charge on any atom is 0.411 e. The summed E-state index contributed by atoms with van der Waals surface area (Å²) in [7, 11) is 0. The molecule has 3 N–H and O–H groups in total. The number of hydrogen-bond donors (Lipinski definition) is 3. The molecule has 0 fully saturated rings. The lowest BCUT2D eigenvalue weighted by molar-refractivity contribution is 0.155. The number of aromatic amines is 2. The maximum absolute atomic E-state index is 12.0. The van der Waals surface area contributed by atoms with Gasteiger partial charge in [-0.1, -0.05) is 48.5 Å². The SMILES string of the molecule is O=C(Nc1ccccc1-c1n[nH]c(=S)[nH]c1=O)OCc1ccccc1. The fourth-order valence-corrected chi connectivity index (χ4v) is 2.34. The van der Waals surface area contributed by atoms with Crippen molar-refractivity contribution < 1.29 is 9.53 Å². The number of benzene rings is 2. The smallest absolute Gasteiger partial charge is 0.411 e. The Bertz CT molecular complexity index is 998. The highest BCUT2D eigenvalue weighted by molar-refractivity contribution is 7.71. The summed E-state index contributed by atoms with van der Waals surface area (Å²) in [6, 6.07) is 16.1. The van der Waals surface area contributed by atoms with Gasteiger partial charge in [-0.3, -0.25) is 20.2 Å². The molecule has 0 spiro atoms. The van der Waals surface area contributed by atoms with Crippen LogP contribution in [0.15, 0.2) is 59.4 Å². The quantitative estimate of drug-likeness (QED) is 0.625. The molecule has 0 radical (unpaired) electrons. The van der Waals surface area contributed by atoms with Gasteiger partial charge in [-0.25, -0.2) is 4.79 Å². The number of ether oxygens (including phenoxy) is 1. The molecule has 0 saturated heterocycles. The van der Waals surface area contributed by atoms with E-state index < -0.39 is 11.7 Å². The topological polar surface area (TPSA) is 99.9 Å². The third-order valence-electron chi connectivity index (χ3n) is 3.34. The Balaban J connectivity index is 1.78. The molecular formula is C17H14N4O3S. The van der Waals surface area contributed by atoms with Crippen LogP contribution in [-0.4, -0.2) is 21.3 Å². The van der Waals surface area contributed by atoms with E-state index in [0.717, 1.165) is 5.56 Å². The summed E-state index contributed by atoms with van der Waals surface area (Å²) in [5.41, 5.74) is 1.40. The summed E-state index contributed by atoms with van der Waals surface area (Å²) in [6.45, 7) is 0.145. The summed E-state index contributed by atoms with van der Waals surface area (Å²) in [5, 5.41) is 9.10. The van der Waals surface area contributed by atoms with Gasteiger partial charge in [0.05, 0.1) is 5.69 Å². The number of anilines is 1. The summed E-state index contributed by atoms with van der Waals surface area (Å²) < 4.78 is 5.32. The Kier molecular flexibility index (Phi) is 5.00. The first-order valence-electron chi connectivity index (χ1n) is 7.39. The molecular weight excluding hydrogens is 340 g/mol. The van der Waals surface area contributed by atoms with E-state index in [4.69, 9.17) is 17.0 Å². The molecule has 0 atom stereocenters. The number of para-hydroxylation sites is 1. The molecule has 126 valence electrons. The number of hydrogen-bond acceptors (Lipinski definition) is 5. The lowest BCUT2D eigenvalue weighted by Gasteiger charge is -2.10. The molecule has 0 unspecified atom stereocenters. The van der Waals surface area contributed by atoms with Gasteiger partial charge in [0.2, 0.25) is 0 Å². The van der Waals surface area contributed by atoms with Gasteiger partial charge in [0.15, 0.2) is 10.5 Å². The van der Waals surface area contributed by atoms with Crippen molar-refractivity contribution in [2.75, 3.05) is 5.32 Å². The Hall–Kier alpha value is -3.26. The maximum atomic E-state index is 12.0. The van der Waals surface area contributed by atoms with Crippen LogP contribution < -0.4 is 10.9 Å². The second-order valence-corrected chi connectivity index (χ2v) is 5.50. The second kappa shape index (κ2) is 7.54. The molecule has 0 aliphatic heterocycles.